The lowest BCUT2D eigenvalue weighted by atomic mass is 9.94. The predicted octanol–water partition coefficient (Wildman–Crippen LogP) is 2.88. The largest absolute Gasteiger partial charge is 0.465 e. The first-order chi connectivity index (χ1) is 13.5. The maximum absolute atomic E-state index is 13.1. The molecule has 0 atom stereocenters. The number of hydrogen-bond acceptors (Lipinski definition) is 4. The van der Waals surface area contributed by atoms with E-state index in [0.29, 0.717) is 37.5 Å². The highest BCUT2D eigenvalue weighted by atomic mass is 35.5. The van der Waals surface area contributed by atoms with Crippen LogP contribution in [0, 0.1) is 11.8 Å². The summed E-state index contributed by atoms with van der Waals surface area (Å²) in [5.41, 5.74) is 0.906. The number of nitrogens with zero attached hydrogens (tertiary/aromatic N) is 2. The van der Waals surface area contributed by atoms with Gasteiger partial charge < -0.3 is 14.5 Å². The molecule has 2 aliphatic rings. The Balaban J connectivity index is 1.62. The molecule has 0 N–H and O–H groups in total. The van der Waals surface area contributed by atoms with Gasteiger partial charge in [0.2, 0.25) is 11.8 Å². The van der Waals surface area contributed by atoms with Gasteiger partial charge in [0.05, 0.1) is 6.61 Å². The molecule has 1 saturated heterocycles. The van der Waals surface area contributed by atoms with Crippen LogP contribution in [0.3, 0.4) is 0 Å². The molecule has 0 radical (unpaired) electrons. The Morgan fingerprint density at radius 3 is 2.29 bits per heavy atom. The third-order valence-electron chi connectivity index (χ3n) is 5.31. The fourth-order valence-corrected chi connectivity index (χ4v) is 3.70. The number of piperidine rings is 1. The monoisotopic (exact) mass is 406 g/mol. The molecule has 1 heterocycles. The number of rotatable bonds is 7. The van der Waals surface area contributed by atoms with Crippen LogP contribution in [0.5, 0.6) is 0 Å². The second-order valence-electron chi connectivity index (χ2n) is 7.50. The summed E-state index contributed by atoms with van der Waals surface area (Å²) in [7, 11) is 0. The molecule has 1 aliphatic heterocycles. The third kappa shape index (κ3) is 5.47. The number of esters is 1. The summed E-state index contributed by atoms with van der Waals surface area (Å²) in [5, 5.41) is 0.625. The highest BCUT2D eigenvalue weighted by Gasteiger charge is 2.37. The molecule has 7 heteroatoms. The quantitative estimate of drug-likeness (QED) is 0.653. The van der Waals surface area contributed by atoms with E-state index in [-0.39, 0.29) is 36.8 Å². The number of carbonyl (C=O) groups is 3. The van der Waals surface area contributed by atoms with E-state index in [1.165, 1.54) is 0 Å². The lowest BCUT2D eigenvalue weighted by Gasteiger charge is -2.34. The molecule has 0 aromatic heterocycles. The molecule has 2 amide bonds. The minimum atomic E-state index is -0.411. The maximum atomic E-state index is 13.1. The van der Waals surface area contributed by atoms with Gasteiger partial charge in [-0.25, -0.2) is 0 Å². The highest BCUT2D eigenvalue weighted by molar-refractivity contribution is 6.30. The summed E-state index contributed by atoms with van der Waals surface area (Å²) < 4.78 is 5.04. The van der Waals surface area contributed by atoms with Gasteiger partial charge in [0.1, 0.15) is 6.54 Å². The molecule has 6 nitrogen and oxygen atoms in total. The van der Waals surface area contributed by atoms with Crippen LogP contribution in [0.15, 0.2) is 24.3 Å². The Morgan fingerprint density at radius 1 is 1.07 bits per heavy atom. The van der Waals surface area contributed by atoms with Gasteiger partial charge in [-0.2, -0.15) is 0 Å². The van der Waals surface area contributed by atoms with Gasteiger partial charge in [-0.15, -0.1) is 0 Å². The molecule has 1 aromatic carbocycles. The van der Waals surface area contributed by atoms with Crippen molar-refractivity contribution in [1.82, 2.24) is 9.80 Å². The summed E-state index contributed by atoms with van der Waals surface area (Å²) in [6.45, 7) is 3.51. The van der Waals surface area contributed by atoms with Crippen molar-refractivity contribution in [3.05, 3.63) is 34.9 Å². The number of ether oxygens (including phenoxy) is 1. The van der Waals surface area contributed by atoms with Crippen molar-refractivity contribution in [2.24, 2.45) is 11.8 Å². The van der Waals surface area contributed by atoms with Gasteiger partial charge in [-0.1, -0.05) is 23.7 Å². The summed E-state index contributed by atoms with van der Waals surface area (Å²) in [5.74, 6) is -0.203. The first-order valence-electron chi connectivity index (χ1n) is 9.95. The van der Waals surface area contributed by atoms with Gasteiger partial charge in [0.15, 0.2) is 0 Å². The van der Waals surface area contributed by atoms with Gasteiger partial charge in [0, 0.05) is 36.5 Å². The molecule has 28 heavy (non-hydrogen) atoms. The summed E-state index contributed by atoms with van der Waals surface area (Å²) in [6, 6.07) is 7.24. The minimum Gasteiger partial charge on any atom is -0.465 e. The molecular formula is C21H27ClN2O4. The molecule has 1 aromatic rings. The molecule has 152 valence electrons. The smallest absolute Gasteiger partial charge is 0.325 e. The van der Waals surface area contributed by atoms with Crippen LogP contribution in [-0.4, -0.2) is 53.8 Å². The van der Waals surface area contributed by atoms with Crippen molar-refractivity contribution < 1.29 is 19.1 Å². The third-order valence-corrected chi connectivity index (χ3v) is 5.56. The van der Waals surface area contributed by atoms with Crippen LogP contribution in [0.1, 0.15) is 38.2 Å². The average molecular weight is 407 g/mol. The number of amides is 2. The highest BCUT2D eigenvalue weighted by Crippen LogP contribution is 2.32. The molecule has 3 rings (SSSR count). The van der Waals surface area contributed by atoms with E-state index in [2.05, 4.69) is 0 Å². The molecule has 0 spiro atoms. The van der Waals surface area contributed by atoms with Crippen LogP contribution in [-0.2, 0) is 25.7 Å². The molecule has 1 saturated carbocycles. The van der Waals surface area contributed by atoms with Gasteiger partial charge in [-0.3, -0.25) is 14.4 Å². The molecule has 1 aliphatic carbocycles. The van der Waals surface area contributed by atoms with Crippen molar-refractivity contribution in [2.45, 2.75) is 39.2 Å². The van der Waals surface area contributed by atoms with Crippen LogP contribution in [0.2, 0.25) is 5.02 Å². The Labute approximate surface area is 170 Å². The first-order valence-corrected chi connectivity index (χ1v) is 10.3. The maximum Gasteiger partial charge on any atom is 0.325 e. The molecule has 2 fully saturated rings. The Bertz CT molecular complexity index is 710. The summed E-state index contributed by atoms with van der Waals surface area (Å²) >= 11 is 5.94. The predicted molar refractivity (Wildman–Crippen MR) is 106 cm³/mol. The zero-order chi connectivity index (χ0) is 20.1. The van der Waals surface area contributed by atoms with E-state index in [4.69, 9.17) is 16.3 Å². The SMILES string of the molecule is CCOC(=O)CN(Cc1ccc(Cl)cc1)C(=O)C1CCN(C(=O)C2CC2)CC1. The van der Waals surface area contributed by atoms with E-state index in [1.54, 1.807) is 24.0 Å². The number of carbonyl (C=O) groups excluding carboxylic acids is 3. The fraction of sp³-hybridized carbons (Fsp3) is 0.571. The zero-order valence-corrected chi connectivity index (χ0v) is 17.0. The van der Waals surface area contributed by atoms with Crippen molar-refractivity contribution in [3.63, 3.8) is 0 Å². The van der Waals surface area contributed by atoms with Crippen molar-refractivity contribution in [3.8, 4) is 0 Å². The Hall–Kier alpha value is -2.08. The number of benzene rings is 1. The number of hydrogen-bond donors (Lipinski definition) is 0. The van der Waals surface area contributed by atoms with Crippen molar-refractivity contribution in [1.29, 1.82) is 0 Å². The second-order valence-corrected chi connectivity index (χ2v) is 7.94. The van der Waals surface area contributed by atoms with Gasteiger partial charge in [-0.05, 0) is 50.3 Å². The topological polar surface area (TPSA) is 66.9 Å². The van der Waals surface area contributed by atoms with Crippen molar-refractivity contribution in [2.75, 3.05) is 26.2 Å². The van der Waals surface area contributed by atoms with Crippen LogP contribution in [0.25, 0.3) is 0 Å². The molecule has 0 bridgehead atoms. The fourth-order valence-electron chi connectivity index (χ4n) is 3.58. The van der Waals surface area contributed by atoms with E-state index >= 15 is 0 Å². The Morgan fingerprint density at radius 2 is 1.71 bits per heavy atom. The van der Waals surface area contributed by atoms with Crippen LogP contribution >= 0.6 is 11.6 Å². The van der Waals surface area contributed by atoms with Gasteiger partial charge in [0.25, 0.3) is 0 Å². The number of halogens is 1. The van der Waals surface area contributed by atoms with E-state index in [9.17, 15) is 14.4 Å². The van der Waals surface area contributed by atoms with Crippen LogP contribution in [0.4, 0.5) is 0 Å². The molecule has 0 unspecified atom stereocenters. The Kier molecular flexibility index (Phi) is 6.94. The second kappa shape index (κ2) is 9.41. The normalized spacial score (nSPS) is 17.3. The van der Waals surface area contributed by atoms with E-state index in [1.807, 2.05) is 17.0 Å². The summed E-state index contributed by atoms with van der Waals surface area (Å²) in [4.78, 5) is 40.8. The minimum absolute atomic E-state index is 0.0541. The first kappa shape index (κ1) is 20.6. The average Bonchev–Trinajstić information content (AvgIpc) is 3.54. The lowest BCUT2D eigenvalue weighted by molar-refractivity contribution is -0.151. The van der Waals surface area contributed by atoms with E-state index < -0.39 is 5.97 Å². The lowest BCUT2D eigenvalue weighted by Crippen LogP contribution is -2.46. The molecular weight excluding hydrogens is 380 g/mol. The van der Waals surface area contributed by atoms with Gasteiger partial charge >= 0.3 is 5.97 Å². The standard InChI is InChI=1S/C21H27ClN2O4/c1-2-28-19(25)14-24(13-15-3-7-18(22)8-4-15)21(27)17-9-11-23(12-10-17)20(26)16-5-6-16/h3-4,7-8,16-17H,2,5-6,9-14H2,1H3. The van der Waals surface area contributed by atoms with Crippen molar-refractivity contribution >= 4 is 29.4 Å². The number of likely N-dealkylation sites (tertiary alicyclic amines) is 1. The zero-order valence-electron chi connectivity index (χ0n) is 16.2. The van der Waals surface area contributed by atoms with E-state index in [0.717, 1.165) is 18.4 Å². The van der Waals surface area contributed by atoms with Crippen LogP contribution < -0.4 is 0 Å². The summed E-state index contributed by atoms with van der Waals surface area (Å²) in [6.07, 6.45) is 3.26.